The van der Waals surface area contributed by atoms with Crippen LogP contribution in [-0.4, -0.2) is 25.9 Å². The lowest BCUT2D eigenvalue weighted by Gasteiger charge is -2.06. The van der Waals surface area contributed by atoms with Crippen molar-refractivity contribution in [1.82, 2.24) is 0 Å². The summed E-state index contributed by atoms with van der Waals surface area (Å²) in [7, 11) is 2.66. The summed E-state index contributed by atoms with van der Waals surface area (Å²) in [6.45, 7) is 3.80. The molecule has 0 saturated heterocycles. The molecule has 0 atom stereocenters. The molecule has 4 heteroatoms. The van der Waals surface area contributed by atoms with Crippen LogP contribution in [0, 0.1) is 6.92 Å². The van der Waals surface area contributed by atoms with Gasteiger partial charge in [0.05, 0.1) is 7.11 Å². The van der Waals surface area contributed by atoms with Crippen LogP contribution in [0.5, 0.6) is 0 Å². The van der Waals surface area contributed by atoms with Gasteiger partial charge in [-0.25, -0.2) is 4.79 Å². The van der Waals surface area contributed by atoms with Crippen molar-refractivity contribution in [3.8, 4) is 0 Å². The predicted octanol–water partition coefficient (Wildman–Crippen LogP) is 1.39. The van der Waals surface area contributed by atoms with Gasteiger partial charge in [-0.15, -0.1) is 0 Å². The topological polar surface area (TPSA) is 47.9 Å². The number of hydrogen-bond donors (Lipinski definition) is 0. The molecule has 0 amide bonds. The molecule has 1 aromatic rings. The number of benzene rings is 1. The molecule has 0 aromatic heterocycles. The minimum Gasteiger partial charge on any atom is -0.464 e. The van der Waals surface area contributed by atoms with Crippen LogP contribution in [0.15, 0.2) is 29.4 Å². The Morgan fingerprint density at radius 1 is 1.33 bits per heavy atom. The van der Waals surface area contributed by atoms with Gasteiger partial charge >= 0.3 is 5.97 Å². The lowest BCUT2D eigenvalue weighted by atomic mass is 10.0. The molecule has 1 aromatic carbocycles. The molecule has 0 saturated carbocycles. The summed E-state index contributed by atoms with van der Waals surface area (Å²) < 4.78 is 4.60. The second-order valence-corrected chi connectivity index (χ2v) is 2.77. The van der Waals surface area contributed by atoms with E-state index >= 15 is 0 Å². The molecule has 15 heavy (non-hydrogen) atoms. The maximum Gasteiger partial charge on any atom is 0.360 e. The quantitative estimate of drug-likeness (QED) is 0.426. The smallest absolute Gasteiger partial charge is 0.360 e. The molecule has 0 aliphatic heterocycles. The first-order valence-corrected chi connectivity index (χ1v) is 4.31. The van der Waals surface area contributed by atoms with Gasteiger partial charge in [0.25, 0.3) is 0 Å². The summed E-state index contributed by atoms with van der Waals surface area (Å²) in [6, 6.07) is 7.13. The van der Waals surface area contributed by atoms with Crippen LogP contribution in [0.25, 0.3) is 0 Å². The van der Waals surface area contributed by atoms with Gasteiger partial charge in [-0.3, -0.25) is 0 Å². The second-order valence-electron chi connectivity index (χ2n) is 2.77. The highest BCUT2D eigenvalue weighted by Gasteiger charge is 2.16. The Morgan fingerprint density at radius 3 is 2.53 bits per heavy atom. The molecule has 0 fully saturated rings. The maximum atomic E-state index is 11.4. The molecule has 0 heterocycles. The molecule has 79 valence electrons. The van der Waals surface area contributed by atoms with Gasteiger partial charge in [0.2, 0.25) is 0 Å². The van der Waals surface area contributed by atoms with Crippen LogP contribution in [0.3, 0.4) is 0 Å². The average molecular weight is 206 g/mol. The van der Waals surface area contributed by atoms with E-state index in [2.05, 4.69) is 21.7 Å². The van der Waals surface area contributed by atoms with Gasteiger partial charge in [-0.1, -0.05) is 29.4 Å². The van der Waals surface area contributed by atoms with E-state index in [9.17, 15) is 4.79 Å². The van der Waals surface area contributed by atoms with Crippen LogP contribution in [0.4, 0.5) is 0 Å². The predicted molar refractivity (Wildman–Crippen MR) is 56.5 cm³/mol. The summed E-state index contributed by atoms with van der Waals surface area (Å²) >= 11 is 0. The Kier molecular flexibility index (Phi) is 3.85. The fraction of sp³-hybridized carbons (Fsp3) is 0.182. The second kappa shape index (κ2) is 5.14. The summed E-state index contributed by atoms with van der Waals surface area (Å²) in [5.41, 5.74) is 1.41. The maximum absolute atomic E-state index is 11.4. The number of ether oxygens (including phenoxy) is 1. The molecule has 0 aliphatic rings. The lowest BCUT2D eigenvalue weighted by molar-refractivity contribution is -0.132. The molecule has 1 radical (unpaired) electrons. The van der Waals surface area contributed by atoms with Gasteiger partial charge in [-0.2, -0.15) is 0 Å². The monoisotopic (exact) mass is 206 g/mol. The number of esters is 1. The summed E-state index contributed by atoms with van der Waals surface area (Å²) in [6.07, 6.45) is 0. The van der Waals surface area contributed by atoms with Crippen LogP contribution < -0.4 is 0 Å². The van der Waals surface area contributed by atoms with Crippen LogP contribution >= 0.6 is 0 Å². The first-order valence-electron chi connectivity index (χ1n) is 4.31. The van der Waals surface area contributed by atoms with Crippen LogP contribution in [-0.2, 0) is 14.4 Å². The van der Waals surface area contributed by atoms with E-state index in [0.717, 1.165) is 0 Å². The number of nitrogens with zero attached hydrogens (tertiary/aromatic N) is 1. The highest BCUT2D eigenvalue weighted by Crippen LogP contribution is 2.09. The van der Waals surface area contributed by atoms with E-state index in [1.54, 1.807) is 18.2 Å². The fourth-order valence-corrected chi connectivity index (χ4v) is 1.14. The van der Waals surface area contributed by atoms with E-state index < -0.39 is 5.97 Å². The highest BCUT2D eigenvalue weighted by molar-refractivity contribution is 6.43. The fourth-order valence-electron chi connectivity index (χ4n) is 1.14. The molecule has 0 bridgehead atoms. The van der Waals surface area contributed by atoms with Crippen molar-refractivity contribution in [2.45, 2.75) is 0 Å². The first-order chi connectivity index (χ1) is 7.20. The van der Waals surface area contributed by atoms with Crippen molar-refractivity contribution < 1.29 is 14.4 Å². The van der Waals surface area contributed by atoms with Gasteiger partial charge in [0.15, 0.2) is 5.71 Å². The van der Waals surface area contributed by atoms with Crippen molar-refractivity contribution >= 4 is 11.7 Å². The zero-order valence-corrected chi connectivity index (χ0v) is 8.69. The first kappa shape index (κ1) is 11.2. The summed E-state index contributed by atoms with van der Waals surface area (Å²) in [4.78, 5) is 16.0. The standard InChI is InChI=1S/C11H12NO3/c1-8-6-4-5-7-9(8)10(12-15-3)11(13)14-2/h4-7H,1H2,2-3H3. The number of oxime groups is 1. The molecule has 0 aliphatic carbocycles. The molecule has 4 nitrogen and oxygen atoms in total. The van der Waals surface area contributed by atoms with E-state index in [0.29, 0.717) is 11.1 Å². The molecule has 0 spiro atoms. The van der Waals surface area contributed by atoms with Crippen LogP contribution in [0.1, 0.15) is 11.1 Å². The minimum absolute atomic E-state index is 0.116. The third kappa shape index (κ3) is 2.56. The number of carbonyl (C=O) groups excluding carboxylic acids is 1. The SMILES string of the molecule is [CH2]c1ccccc1C(=NOC)C(=O)OC. The highest BCUT2D eigenvalue weighted by atomic mass is 16.6. The molecule has 0 unspecified atom stereocenters. The molecular weight excluding hydrogens is 194 g/mol. The number of carbonyl (C=O) groups is 1. The largest absolute Gasteiger partial charge is 0.464 e. The molecule has 0 N–H and O–H groups in total. The van der Waals surface area contributed by atoms with Gasteiger partial charge in [0.1, 0.15) is 7.11 Å². The van der Waals surface area contributed by atoms with Crippen LogP contribution in [0.2, 0.25) is 0 Å². The van der Waals surface area contributed by atoms with Gasteiger partial charge < -0.3 is 9.57 Å². The summed E-state index contributed by atoms with van der Waals surface area (Å²) in [5, 5.41) is 3.63. The van der Waals surface area contributed by atoms with Crippen molar-refractivity contribution in [2.24, 2.45) is 5.16 Å². The lowest BCUT2D eigenvalue weighted by Crippen LogP contribution is -2.18. The Morgan fingerprint density at radius 2 is 2.00 bits per heavy atom. The van der Waals surface area contributed by atoms with Gasteiger partial charge in [0, 0.05) is 5.56 Å². The normalized spacial score (nSPS) is 11.0. The summed E-state index contributed by atoms with van der Waals surface area (Å²) in [5.74, 6) is -0.548. The zero-order chi connectivity index (χ0) is 11.3. The van der Waals surface area contributed by atoms with Crippen molar-refractivity contribution in [3.05, 3.63) is 42.3 Å². The van der Waals surface area contributed by atoms with Crippen molar-refractivity contribution in [3.63, 3.8) is 0 Å². The Bertz CT molecular complexity index is 385. The third-order valence-electron chi connectivity index (χ3n) is 1.83. The Labute approximate surface area is 88.5 Å². The number of hydrogen-bond acceptors (Lipinski definition) is 4. The van der Waals surface area contributed by atoms with E-state index in [-0.39, 0.29) is 5.71 Å². The molecular formula is C11H12NO3. The Hall–Kier alpha value is -1.84. The number of methoxy groups -OCH3 is 1. The van der Waals surface area contributed by atoms with Crippen molar-refractivity contribution in [2.75, 3.05) is 14.2 Å². The van der Waals surface area contributed by atoms with E-state index in [1.807, 2.05) is 6.07 Å². The third-order valence-corrected chi connectivity index (χ3v) is 1.83. The Balaban J connectivity index is 3.17. The van der Waals surface area contributed by atoms with E-state index in [4.69, 9.17) is 0 Å². The average Bonchev–Trinajstić information content (AvgIpc) is 2.26. The molecule has 1 rings (SSSR count). The van der Waals surface area contributed by atoms with E-state index in [1.165, 1.54) is 14.2 Å². The zero-order valence-electron chi connectivity index (χ0n) is 8.69. The van der Waals surface area contributed by atoms with Crippen molar-refractivity contribution in [1.29, 1.82) is 0 Å². The number of rotatable bonds is 3. The van der Waals surface area contributed by atoms with Gasteiger partial charge in [-0.05, 0) is 12.5 Å². The minimum atomic E-state index is -0.548.